The Balaban J connectivity index is 1.41. The van der Waals surface area contributed by atoms with Crippen LogP contribution >= 0.6 is 0 Å². The third kappa shape index (κ3) is 5.79. The molecule has 0 saturated heterocycles. The summed E-state index contributed by atoms with van der Waals surface area (Å²) in [4.78, 5) is 34.0. The number of nitrogens with one attached hydrogen (secondary N) is 1. The van der Waals surface area contributed by atoms with Gasteiger partial charge >= 0.3 is 12.4 Å². The van der Waals surface area contributed by atoms with Gasteiger partial charge in [-0.05, 0) is 56.2 Å². The van der Waals surface area contributed by atoms with Gasteiger partial charge in [0.2, 0.25) is 11.5 Å². The molecule has 2 amide bonds. The lowest BCUT2D eigenvalue weighted by molar-refractivity contribution is -0.265. The Kier molecular flexibility index (Phi) is 7.57. The number of pyridine rings is 2. The number of fused-ring (bicyclic) bond motifs is 2. The zero-order valence-electron chi connectivity index (χ0n) is 24.5. The van der Waals surface area contributed by atoms with Gasteiger partial charge in [0.05, 0.1) is 23.9 Å². The highest BCUT2D eigenvalue weighted by atomic mass is 19.4. The number of primary amides is 1. The second-order valence-corrected chi connectivity index (χ2v) is 11.7. The lowest BCUT2D eigenvalue weighted by Gasteiger charge is -2.31. The molecule has 1 aliphatic carbocycles. The van der Waals surface area contributed by atoms with Crippen LogP contribution in [0.5, 0.6) is 11.5 Å². The molecule has 0 unspecified atom stereocenters. The fourth-order valence-electron chi connectivity index (χ4n) is 5.20. The molecule has 0 bridgehead atoms. The van der Waals surface area contributed by atoms with Gasteiger partial charge in [-0.2, -0.15) is 26.3 Å². The first-order valence-corrected chi connectivity index (χ1v) is 14.3. The summed E-state index contributed by atoms with van der Waals surface area (Å²) in [6.45, 7) is -0.517. The number of hydrogen-bond acceptors (Lipinski definition) is 7. The van der Waals surface area contributed by atoms with Crippen LogP contribution in [-0.4, -0.2) is 52.3 Å². The number of carbonyl (C=O) groups excluding carboxylic acids is 2. The highest BCUT2D eigenvalue weighted by molar-refractivity contribution is 6.00. The van der Waals surface area contributed by atoms with Crippen molar-refractivity contribution in [1.82, 2.24) is 15.3 Å². The van der Waals surface area contributed by atoms with Crippen molar-refractivity contribution in [1.29, 1.82) is 0 Å². The van der Waals surface area contributed by atoms with Crippen LogP contribution < -0.4 is 20.5 Å². The summed E-state index contributed by atoms with van der Waals surface area (Å²) < 4.78 is 95.4. The van der Waals surface area contributed by atoms with Crippen LogP contribution in [0.15, 0.2) is 60.8 Å². The van der Waals surface area contributed by atoms with Crippen molar-refractivity contribution < 1.29 is 50.5 Å². The zero-order valence-corrected chi connectivity index (χ0v) is 24.5. The molecule has 0 radical (unpaired) electrons. The molecule has 3 heterocycles. The number of carbonyl (C=O) groups is 2. The summed E-state index contributed by atoms with van der Waals surface area (Å²) in [7, 11) is 0. The maximum absolute atomic E-state index is 14.8. The molecule has 4 N–H and O–H groups in total. The second-order valence-electron chi connectivity index (χ2n) is 11.7. The van der Waals surface area contributed by atoms with E-state index in [1.807, 2.05) is 0 Å². The van der Waals surface area contributed by atoms with Gasteiger partial charge in [-0.25, -0.2) is 4.98 Å². The first kappa shape index (κ1) is 32.0. The Bertz CT molecular complexity index is 1890. The number of aromatic nitrogens is 2. The van der Waals surface area contributed by atoms with Gasteiger partial charge in [-0.1, -0.05) is 18.2 Å². The fourth-order valence-corrected chi connectivity index (χ4v) is 5.20. The quantitative estimate of drug-likeness (QED) is 0.222. The Morgan fingerprint density at radius 2 is 1.79 bits per heavy atom. The number of hydrogen-bond donors (Lipinski definition) is 3. The number of alkyl halides is 6. The van der Waals surface area contributed by atoms with E-state index >= 15 is 0 Å². The Hall–Kier alpha value is -4.92. The van der Waals surface area contributed by atoms with Gasteiger partial charge in [0.25, 0.3) is 5.91 Å². The number of nitrogens with two attached hydrogens (primary N) is 1. The molecule has 2 aliphatic rings. The number of rotatable bonds is 8. The number of halogens is 6. The van der Waals surface area contributed by atoms with Crippen molar-refractivity contribution in [3.8, 4) is 22.8 Å². The molecular weight excluding hydrogens is 634 g/mol. The largest absolute Gasteiger partial charge is 0.489 e. The standard InChI is InChI=1S/C32H26F6N4O5/c1-29(28(39)44)15-46-26-21(29)13-23(42-25(26)16-4-6-19(7-5-16)31(33,34)35)30(45,32(36,37)38)14-41-27(43)18-11-17-3-2-10-40-24(17)22(12-18)47-20-8-9-20/h2-7,10-13,20,45H,8-9,14-15H2,1H3,(H2,39,44)(H,41,43)/t29-,30-/m0/s1. The Labute approximate surface area is 262 Å². The summed E-state index contributed by atoms with van der Waals surface area (Å²) in [6.07, 6.45) is -7.10. The van der Waals surface area contributed by atoms with Crippen LogP contribution in [-0.2, 0) is 22.0 Å². The van der Waals surface area contributed by atoms with Crippen molar-refractivity contribution in [2.45, 2.75) is 49.2 Å². The third-order valence-electron chi connectivity index (χ3n) is 8.25. The molecule has 1 aliphatic heterocycles. The molecule has 1 fully saturated rings. The molecule has 15 heteroatoms. The average Bonchev–Trinajstić information content (AvgIpc) is 3.78. The molecule has 246 valence electrons. The Morgan fingerprint density at radius 1 is 1.09 bits per heavy atom. The molecule has 6 rings (SSSR count). The van der Waals surface area contributed by atoms with Crippen molar-refractivity contribution >= 4 is 22.7 Å². The van der Waals surface area contributed by atoms with Crippen molar-refractivity contribution in [3.63, 3.8) is 0 Å². The maximum atomic E-state index is 14.8. The lowest BCUT2D eigenvalue weighted by Crippen LogP contribution is -2.51. The molecule has 0 spiro atoms. The van der Waals surface area contributed by atoms with E-state index in [1.54, 1.807) is 12.1 Å². The molecular formula is C32H26F6N4O5. The number of nitrogens with zero attached hydrogens (tertiary/aromatic N) is 2. The smallest absolute Gasteiger partial charge is 0.424 e. The van der Waals surface area contributed by atoms with E-state index in [0.717, 1.165) is 31.0 Å². The van der Waals surface area contributed by atoms with E-state index in [9.17, 15) is 41.0 Å². The SMILES string of the molecule is C[C@]1(C(N)=O)COc2c1cc([C@@](O)(CNC(=O)c1cc(OC3CC3)c3ncccc3c1)C(F)(F)F)nc2-c1ccc(C(F)(F)F)cc1. The van der Waals surface area contributed by atoms with E-state index < -0.39 is 59.6 Å². The molecule has 9 nitrogen and oxygen atoms in total. The minimum absolute atomic E-state index is 0.0623. The van der Waals surface area contributed by atoms with E-state index in [2.05, 4.69) is 15.3 Å². The number of amides is 2. The highest BCUT2D eigenvalue weighted by Crippen LogP contribution is 2.48. The minimum Gasteiger partial charge on any atom is -0.489 e. The average molecular weight is 661 g/mol. The Morgan fingerprint density at radius 3 is 2.40 bits per heavy atom. The van der Waals surface area contributed by atoms with Crippen LogP contribution in [0.4, 0.5) is 26.3 Å². The van der Waals surface area contributed by atoms with Crippen LogP contribution in [0.3, 0.4) is 0 Å². The van der Waals surface area contributed by atoms with Crippen LogP contribution in [0.2, 0.25) is 0 Å². The van der Waals surface area contributed by atoms with Crippen LogP contribution in [0.25, 0.3) is 22.2 Å². The molecule has 1 saturated carbocycles. The first-order chi connectivity index (χ1) is 22.0. The summed E-state index contributed by atoms with van der Waals surface area (Å²) >= 11 is 0. The van der Waals surface area contributed by atoms with Gasteiger partial charge < -0.3 is 25.6 Å². The number of ether oxygens (including phenoxy) is 2. The first-order valence-electron chi connectivity index (χ1n) is 14.3. The monoisotopic (exact) mass is 660 g/mol. The lowest BCUT2D eigenvalue weighted by atomic mass is 9.81. The second kappa shape index (κ2) is 11.1. The van der Waals surface area contributed by atoms with Crippen molar-refractivity contribution in [3.05, 3.63) is 83.2 Å². The maximum Gasteiger partial charge on any atom is 0.424 e. The van der Waals surface area contributed by atoms with E-state index in [0.29, 0.717) is 23.0 Å². The van der Waals surface area contributed by atoms with E-state index in [4.69, 9.17) is 15.2 Å². The van der Waals surface area contributed by atoms with Gasteiger partial charge in [-0.15, -0.1) is 0 Å². The fraction of sp³-hybridized carbons (Fsp3) is 0.312. The molecule has 47 heavy (non-hydrogen) atoms. The third-order valence-corrected chi connectivity index (χ3v) is 8.25. The minimum atomic E-state index is -5.45. The van der Waals surface area contributed by atoms with Crippen LogP contribution in [0.1, 0.15) is 46.9 Å². The number of benzene rings is 2. The summed E-state index contributed by atoms with van der Waals surface area (Å²) in [5.41, 5.74) is -2.24. The van der Waals surface area contributed by atoms with E-state index in [1.165, 1.54) is 25.3 Å². The topological polar surface area (TPSA) is 137 Å². The van der Waals surface area contributed by atoms with Gasteiger partial charge in [0.1, 0.15) is 34.7 Å². The summed E-state index contributed by atoms with van der Waals surface area (Å²) in [6, 6.07) is 10.2. The van der Waals surface area contributed by atoms with Gasteiger partial charge in [0.15, 0.2) is 0 Å². The highest BCUT2D eigenvalue weighted by Gasteiger charge is 2.57. The molecule has 2 aromatic carbocycles. The molecule has 2 aromatic heterocycles. The number of aliphatic hydroxyl groups is 1. The predicted molar refractivity (Wildman–Crippen MR) is 154 cm³/mol. The molecule has 4 aromatic rings. The summed E-state index contributed by atoms with van der Waals surface area (Å²) in [5.74, 6) is -1.86. The van der Waals surface area contributed by atoms with E-state index in [-0.39, 0.29) is 40.0 Å². The van der Waals surface area contributed by atoms with Crippen molar-refractivity contribution in [2.75, 3.05) is 13.2 Å². The normalized spacial score (nSPS) is 19.1. The van der Waals surface area contributed by atoms with Gasteiger partial charge in [-0.3, -0.25) is 14.6 Å². The summed E-state index contributed by atoms with van der Waals surface area (Å²) in [5, 5.41) is 13.9. The molecule has 2 atom stereocenters. The van der Waals surface area contributed by atoms with Gasteiger partial charge in [0, 0.05) is 28.3 Å². The van der Waals surface area contributed by atoms with Crippen molar-refractivity contribution in [2.24, 2.45) is 5.73 Å². The predicted octanol–water partition coefficient (Wildman–Crippen LogP) is 5.17. The zero-order chi connectivity index (χ0) is 33.9. The van der Waals surface area contributed by atoms with Crippen LogP contribution in [0, 0.1) is 0 Å².